The normalized spacial score (nSPS) is 11.2. The van der Waals surface area contributed by atoms with Gasteiger partial charge in [-0.05, 0) is 132 Å². The minimum Gasteiger partial charge on any atom is -0.507 e. The Hall–Kier alpha value is -6.53. The van der Waals surface area contributed by atoms with Gasteiger partial charge in [0.2, 0.25) is 0 Å². The van der Waals surface area contributed by atoms with E-state index in [0.717, 1.165) is 76.1 Å². The van der Waals surface area contributed by atoms with Crippen LogP contribution in [0.5, 0.6) is 5.75 Å². The Bertz CT molecular complexity index is 2300. The molecule has 254 valence electrons. The molecule has 0 aliphatic carbocycles. The van der Waals surface area contributed by atoms with Gasteiger partial charge in [-0.3, -0.25) is 4.98 Å². The minimum atomic E-state index is 0.237. The van der Waals surface area contributed by atoms with Crippen molar-refractivity contribution in [2.45, 2.75) is 32.6 Å². The summed E-state index contributed by atoms with van der Waals surface area (Å²) < 4.78 is 3.76. The van der Waals surface area contributed by atoms with Crippen LogP contribution >= 0.6 is 0 Å². The molecule has 0 atom stereocenters. The Morgan fingerprint density at radius 2 is 1.08 bits per heavy atom. The molecule has 6 heteroatoms. The second kappa shape index (κ2) is 14.8. The van der Waals surface area contributed by atoms with Crippen molar-refractivity contribution in [1.82, 2.24) is 24.5 Å². The van der Waals surface area contributed by atoms with Crippen molar-refractivity contribution < 1.29 is 5.11 Å². The number of hydrogen-bond donors (Lipinski definition) is 1. The Morgan fingerprint density at radius 3 is 1.60 bits per heavy atom. The van der Waals surface area contributed by atoms with Crippen molar-refractivity contribution in [1.29, 1.82) is 0 Å². The predicted octanol–water partition coefficient (Wildman–Crippen LogP) is 10.0. The third-order valence-electron chi connectivity index (χ3n) is 9.60. The van der Waals surface area contributed by atoms with E-state index in [-0.39, 0.29) is 5.75 Å². The van der Waals surface area contributed by atoms with Gasteiger partial charge in [-0.15, -0.1) is 0 Å². The Labute approximate surface area is 304 Å². The fourth-order valence-electron chi connectivity index (χ4n) is 6.78. The molecule has 0 bridgehead atoms. The quantitative estimate of drug-likeness (QED) is 0.148. The van der Waals surface area contributed by atoms with Gasteiger partial charge < -0.3 is 5.11 Å². The summed E-state index contributed by atoms with van der Waals surface area (Å²) in [5.41, 5.74) is 14.1. The van der Waals surface area contributed by atoms with Crippen molar-refractivity contribution in [3.8, 4) is 50.6 Å². The summed E-state index contributed by atoms with van der Waals surface area (Å²) in [6.07, 6.45) is 13.0. The average molecular weight is 678 g/mol. The lowest BCUT2D eigenvalue weighted by Gasteiger charge is -2.16. The minimum absolute atomic E-state index is 0.237. The van der Waals surface area contributed by atoms with E-state index >= 15 is 0 Å². The average Bonchev–Trinajstić information content (AvgIpc) is 3.93. The summed E-state index contributed by atoms with van der Waals surface area (Å²) in [4.78, 5) is 4.57. The van der Waals surface area contributed by atoms with Crippen LogP contribution in [-0.4, -0.2) is 29.7 Å². The first-order chi connectivity index (χ1) is 25.6. The predicted molar refractivity (Wildman–Crippen MR) is 209 cm³/mol. The van der Waals surface area contributed by atoms with E-state index in [2.05, 4.69) is 100 Å². The van der Waals surface area contributed by atoms with E-state index in [0.29, 0.717) is 0 Å². The number of aromatic nitrogens is 5. The van der Waals surface area contributed by atoms with Crippen molar-refractivity contribution in [3.05, 3.63) is 192 Å². The molecule has 3 aromatic heterocycles. The molecule has 5 aromatic carbocycles. The van der Waals surface area contributed by atoms with Crippen LogP contribution in [0.25, 0.3) is 44.9 Å². The molecule has 6 nitrogen and oxygen atoms in total. The number of aryl methyl sites for hydroxylation is 5. The third kappa shape index (κ3) is 7.32. The highest BCUT2D eigenvalue weighted by Crippen LogP contribution is 2.39. The maximum Gasteiger partial charge on any atom is 0.124 e. The molecular weight excluding hydrogens is 639 g/mol. The maximum absolute atomic E-state index is 11.4. The topological polar surface area (TPSA) is 68.8 Å². The molecule has 0 radical (unpaired) electrons. The first kappa shape index (κ1) is 32.7. The second-order valence-electron chi connectivity index (χ2n) is 13.3. The van der Waals surface area contributed by atoms with E-state index in [9.17, 15) is 5.11 Å². The number of rotatable bonds is 11. The standard InChI is InChI=1S/C46H39N5O/c1-33-8-23-45(47-32-33)38-17-22-44(46(52)31-38)43-7-3-2-6-42(43)39-29-36(11-9-34-13-18-40(19-14-34)50-26-4-24-48-50)28-37(30-39)12-10-35-15-20-41(21-16-35)51-27-5-25-49-51/h2-8,13-32,52H,9-12H2,1H3. The molecule has 0 aliphatic rings. The summed E-state index contributed by atoms with van der Waals surface area (Å²) >= 11 is 0. The van der Waals surface area contributed by atoms with E-state index in [1.54, 1.807) is 12.4 Å². The smallest absolute Gasteiger partial charge is 0.124 e. The molecule has 0 aliphatic heterocycles. The molecule has 0 saturated carbocycles. The summed E-state index contributed by atoms with van der Waals surface area (Å²) in [7, 11) is 0. The van der Waals surface area contributed by atoms with Crippen molar-refractivity contribution in [2.75, 3.05) is 0 Å². The number of nitrogens with zero attached hydrogens (tertiary/aromatic N) is 5. The second-order valence-corrected chi connectivity index (χ2v) is 13.3. The highest BCUT2D eigenvalue weighted by molar-refractivity contribution is 5.87. The molecule has 8 aromatic rings. The summed E-state index contributed by atoms with van der Waals surface area (Å²) in [6.45, 7) is 2.02. The van der Waals surface area contributed by atoms with E-state index in [1.165, 1.54) is 22.3 Å². The lowest BCUT2D eigenvalue weighted by Crippen LogP contribution is -1.99. The van der Waals surface area contributed by atoms with Gasteiger partial charge in [0.05, 0.1) is 17.1 Å². The molecule has 0 saturated heterocycles. The van der Waals surface area contributed by atoms with Crippen molar-refractivity contribution >= 4 is 0 Å². The van der Waals surface area contributed by atoms with Crippen LogP contribution in [0.2, 0.25) is 0 Å². The molecule has 0 unspecified atom stereocenters. The van der Waals surface area contributed by atoms with E-state index in [4.69, 9.17) is 0 Å². The van der Waals surface area contributed by atoms with Crippen LogP contribution in [0.1, 0.15) is 27.8 Å². The first-order valence-electron chi connectivity index (χ1n) is 17.7. The Balaban J connectivity index is 1.09. The first-order valence-corrected chi connectivity index (χ1v) is 17.7. The number of phenols is 1. The highest BCUT2D eigenvalue weighted by Gasteiger charge is 2.14. The van der Waals surface area contributed by atoms with Gasteiger partial charge >= 0.3 is 0 Å². The molecular formula is C46H39N5O. The number of hydrogen-bond acceptors (Lipinski definition) is 4. The van der Waals surface area contributed by atoms with Crippen LogP contribution in [-0.2, 0) is 25.7 Å². The van der Waals surface area contributed by atoms with Crippen LogP contribution < -0.4 is 0 Å². The molecule has 0 spiro atoms. The Morgan fingerprint density at radius 1 is 0.500 bits per heavy atom. The van der Waals surface area contributed by atoms with Gasteiger partial charge in [-0.2, -0.15) is 10.2 Å². The number of aromatic hydroxyl groups is 1. The molecule has 0 amide bonds. The maximum atomic E-state index is 11.4. The number of pyridine rings is 1. The van der Waals surface area contributed by atoms with Gasteiger partial charge in [0.25, 0.3) is 0 Å². The molecule has 0 fully saturated rings. The van der Waals surface area contributed by atoms with Crippen molar-refractivity contribution in [3.63, 3.8) is 0 Å². The largest absolute Gasteiger partial charge is 0.507 e. The number of benzene rings is 5. The van der Waals surface area contributed by atoms with Crippen LogP contribution in [0.15, 0.2) is 164 Å². The summed E-state index contributed by atoms with van der Waals surface area (Å²) in [5, 5.41) is 20.1. The van der Waals surface area contributed by atoms with Gasteiger partial charge in [-0.25, -0.2) is 9.36 Å². The van der Waals surface area contributed by atoms with Gasteiger partial charge in [-0.1, -0.05) is 78.9 Å². The highest BCUT2D eigenvalue weighted by atomic mass is 16.3. The monoisotopic (exact) mass is 677 g/mol. The summed E-state index contributed by atoms with van der Waals surface area (Å²) in [6, 6.07) is 46.5. The van der Waals surface area contributed by atoms with Gasteiger partial charge in [0.15, 0.2) is 0 Å². The molecule has 52 heavy (non-hydrogen) atoms. The van der Waals surface area contributed by atoms with Crippen LogP contribution in [0.3, 0.4) is 0 Å². The lowest BCUT2D eigenvalue weighted by atomic mass is 9.89. The van der Waals surface area contributed by atoms with E-state index < -0.39 is 0 Å². The molecule has 3 heterocycles. The van der Waals surface area contributed by atoms with Gasteiger partial charge in [0, 0.05) is 42.1 Å². The zero-order chi connectivity index (χ0) is 35.3. The fraction of sp³-hybridized carbons (Fsp3) is 0.109. The molecule has 8 rings (SSSR count). The van der Waals surface area contributed by atoms with Crippen LogP contribution in [0.4, 0.5) is 0 Å². The fourth-order valence-corrected chi connectivity index (χ4v) is 6.78. The number of phenolic OH excluding ortho intramolecular Hbond substituents is 1. The zero-order valence-electron chi connectivity index (χ0n) is 29.1. The van der Waals surface area contributed by atoms with Gasteiger partial charge in [0.1, 0.15) is 5.75 Å². The van der Waals surface area contributed by atoms with Crippen LogP contribution in [0, 0.1) is 6.92 Å². The van der Waals surface area contributed by atoms with E-state index in [1.807, 2.05) is 83.4 Å². The lowest BCUT2D eigenvalue weighted by molar-refractivity contribution is 0.477. The van der Waals surface area contributed by atoms with Crippen molar-refractivity contribution in [2.24, 2.45) is 0 Å². The summed E-state index contributed by atoms with van der Waals surface area (Å²) in [5.74, 6) is 0.237. The Kier molecular flexibility index (Phi) is 9.27. The molecule has 1 N–H and O–H groups in total. The SMILES string of the molecule is Cc1ccc(-c2ccc(-c3ccccc3-c3cc(CCc4ccc(-n5cccn5)cc4)cc(CCc4ccc(-n5cccn5)cc4)c3)c(O)c2)nc1. The zero-order valence-corrected chi connectivity index (χ0v) is 29.1. The third-order valence-corrected chi connectivity index (χ3v) is 9.60.